The summed E-state index contributed by atoms with van der Waals surface area (Å²) in [6, 6.07) is 2.79. The Balaban J connectivity index is 3.07. The van der Waals surface area contributed by atoms with E-state index in [0.29, 0.717) is 5.56 Å². The topological polar surface area (TPSA) is 251 Å². The monoisotopic (exact) mass is 523 g/mol. The highest BCUT2D eigenvalue weighted by Crippen LogP contribution is 2.07. The Morgan fingerprint density at radius 3 is 1.76 bits per heavy atom. The second kappa shape index (κ2) is 15.2. The molecule has 0 heterocycles. The lowest BCUT2D eigenvalue weighted by molar-refractivity contribution is -0.142. The van der Waals surface area contributed by atoms with Gasteiger partial charge in [0.15, 0.2) is 0 Å². The van der Waals surface area contributed by atoms with Crippen LogP contribution in [0.15, 0.2) is 30.3 Å². The van der Waals surface area contributed by atoms with Crippen LogP contribution >= 0.6 is 0 Å². The molecule has 14 heteroatoms. The molecule has 0 bridgehead atoms. The van der Waals surface area contributed by atoms with Gasteiger partial charge >= 0.3 is 11.9 Å². The molecular formula is C23H33N5O9. The summed E-state index contributed by atoms with van der Waals surface area (Å²) < 4.78 is 0. The minimum absolute atomic E-state index is 0.0626. The number of aliphatic hydroxyl groups excluding tert-OH is 1. The highest BCUT2D eigenvalue weighted by Gasteiger charge is 2.31. The normalized spacial score (nSPS) is 14.8. The van der Waals surface area contributed by atoms with E-state index in [4.69, 9.17) is 16.6 Å². The number of hydrogen-bond donors (Lipinski definition) is 8. The van der Waals surface area contributed by atoms with Crippen LogP contribution in [0.2, 0.25) is 0 Å². The second-order valence-electron chi connectivity index (χ2n) is 8.42. The zero-order valence-corrected chi connectivity index (χ0v) is 20.3. The lowest BCUT2D eigenvalue weighted by Crippen LogP contribution is -2.58. The summed E-state index contributed by atoms with van der Waals surface area (Å²) in [5.41, 5.74) is 11.3. The molecule has 0 aromatic heterocycles. The van der Waals surface area contributed by atoms with Gasteiger partial charge in [0.25, 0.3) is 0 Å². The number of aliphatic carboxylic acids is 2. The first-order valence-corrected chi connectivity index (χ1v) is 11.4. The van der Waals surface area contributed by atoms with E-state index in [9.17, 15) is 39.0 Å². The van der Waals surface area contributed by atoms with Crippen molar-refractivity contribution in [1.82, 2.24) is 16.0 Å². The fourth-order valence-corrected chi connectivity index (χ4v) is 3.17. The molecule has 0 saturated carbocycles. The molecule has 0 aliphatic carbocycles. The number of hydrogen-bond acceptors (Lipinski definition) is 8. The highest BCUT2D eigenvalue weighted by atomic mass is 16.4. The van der Waals surface area contributed by atoms with E-state index in [-0.39, 0.29) is 25.7 Å². The van der Waals surface area contributed by atoms with Crippen molar-refractivity contribution in [3.63, 3.8) is 0 Å². The Morgan fingerprint density at radius 2 is 1.30 bits per heavy atom. The maximum atomic E-state index is 12.9. The standard InChI is InChI=1S/C23H33N5O9/c1-12(29)19(25)22(35)27-15(8-10-18(31)32)20(33)26-14(7-9-17(24)30)21(34)28-16(23(36)37)11-13-5-3-2-4-6-13/h2-6,12,14-16,19,29H,7-11,25H2,1H3,(H2,24,30)(H,26,33)(H,27,35)(H,28,34)(H,31,32)(H,36,37). The van der Waals surface area contributed by atoms with Gasteiger partial charge in [0.1, 0.15) is 24.2 Å². The molecule has 10 N–H and O–H groups in total. The molecule has 204 valence electrons. The van der Waals surface area contributed by atoms with Gasteiger partial charge in [0.2, 0.25) is 23.6 Å². The first-order valence-electron chi connectivity index (χ1n) is 11.4. The average Bonchev–Trinajstić information content (AvgIpc) is 2.83. The lowest BCUT2D eigenvalue weighted by Gasteiger charge is -2.25. The van der Waals surface area contributed by atoms with Crippen molar-refractivity contribution in [3.05, 3.63) is 35.9 Å². The van der Waals surface area contributed by atoms with Crippen LogP contribution in [-0.2, 0) is 35.2 Å². The molecule has 1 rings (SSSR count). The quantitative estimate of drug-likeness (QED) is 0.114. The van der Waals surface area contributed by atoms with E-state index in [0.717, 1.165) is 0 Å². The number of aliphatic hydroxyl groups is 1. The minimum Gasteiger partial charge on any atom is -0.481 e. The van der Waals surface area contributed by atoms with Crippen molar-refractivity contribution in [1.29, 1.82) is 0 Å². The summed E-state index contributed by atoms with van der Waals surface area (Å²) in [6.45, 7) is 1.25. The number of primary amides is 1. The summed E-state index contributed by atoms with van der Waals surface area (Å²) in [4.78, 5) is 72.1. The number of nitrogens with one attached hydrogen (secondary N) is 3. The molecule has 37 heavy (non-hydrogen) atoms. The molecule has 0 fully saturated rings. The molecule has 14 nitrogen and oxygen atoms in total. The SMILES string of the molecule is CC(O)C(N)C(=O)NC(CCC(=O)O)C(=O)NC(CCC(N)=O)C(=O)NC(Cc1ccccc1)C(=O)O. The first kappa shape index (κ1) is 31.0. The van der Waals surface area contributed by atoms with Gasteiger partial charge < -0.3 is 42.7 Å². The van der Waals surface area contributed by atoms with Crippen LogP contribution in [0.25, 0.3) is 0 Å². The molecule has 1 aromatic carbocycles. The zero-order valence-electron chi connectivity index (χ0n) is 20.3. The first-order chi connectivity index (χ1) is 17.3. The van der Waals surface area contributed by atoms with E-state index in [1.54, 1.807) is 30.3 Å². The number of carboxylic acids is 2. The van der Waals surface area contributed by atoms with E-state index >= 15 is 0 Å². The van der Waals surface area contributed by atoms with Gasteiger partial charge in [-0.3, -0.25) is 24.0 Å². The Kier molecular flexibility index (Phi) is 12.7. The van der Waals surface area contributed by atoms with Crippen molar-refractivity contribution >= 4 is 35.6 Å². The van der Waals surface area contributed by atoms with Crippen LogP contribution in [0.1, 0.15) is 38.2 Å². The van der Waals surface area contributed by atoms with Crippen LogP contribution in [-0.4, -0.2) is 81.2 Å². The predicted octanol–water partition coefficient (Wildman–Crippen LogP) is -2.39. The summed E-state index contributed by atoms with van der Waals surface area (Å²) in [7, 11) is 0. The van der Waals surface area contributed by atoms with Gasteiger partial charge in [-0.2, -0.15) is 0 Å². The van der Waals surface area contributed by atoms with Crippen molar-refractivity contribution in [2.24, 2.45) is 11.5 Å². The van der Waals surface area contributed by atoms with Crippen LogP contribution < -0.4 is 27.4 Å². The summed E-state index contributed by atoms with van der Waals surface area (Å²) in [5, 5.41) is 34.9. The van der Waals surface area contributed by atoms with E-state index in [1.165, 1.54) is 6.92 Å². The minimum atomic E-state index is -1.46. The van der Waals surface area contributed by atoms with Gasteiger partial charge in [-0.25, -0.2) is 4.79 Å². The fourth-order valence-electron chi connectivity index (χ4n) is 3.17. The Morgan fingerprint density at radius 1 is 0.811 bits per heavy atom. The zero-order chi connectivity index (χ0) is 28.1. The van der Waals surface area contributed by atoms with E-state index in [2.05, 4.69) is 16.0 Å². The molecule has 5 unspecified atom stereocenters. The van der Waals surface area contributed by atoms with Crippen LogP contribution in [0.5, 0.6) is 0 Å². The number of carboxylic acid groups (broad SMARTS) is 2. The molecule has 4 amide bonds. The van der Waals surface area contributed by atoms with Gasteiger partial charge in [0.05, 0.1) is 6.10 Å². The number of benzene rings is 1. The molecule has 0 aliphatic heterocycles. The van der Waals surface area contributed by atoms with Crippen LogP contribution in [0, 0.1) is 0 Å². The molecule has 0 aliphatic rings. The number of carbonyl (C=O) groups is 6. The van der Waals surface area contributed by atoms with Crippen LogP contribution in [0.3, 0.4) is 0 Å². The summed E-state index contributed by atoms with van der Waals surface area (Å²) in [6.07, 6.45) is -2.87. The fraction of sp³-hybridized carbons (Fsp3) is 0.478. The Bertz CT molecular complexity index is 971. The predicted molar refractivity (Wildman–Crippen MR) is 129 cm³/mol. The molecular weight excluding hydrogens is 490 g/mol. The molecule has 1 aromatic rings. The van der Waals surface area contributed by atoms with E-state index < -0.39 is 72.3 Å². The second-order valence-corrected chi connectivity index (χ2v) is 8.42. The van der Waals surface area contributed by atoms with Gasteiger partial charge in [-0.05, 0) is 25.3 Å². The highest BCUT2D eigenvalue weighted by molar-refractivity contribution is 5.94. The van der Waals surface area contributed by atoms with Gasteiger partial charge in [0, 0.05) is 19.3 Å². The van der Waals surface area contributed by atoms with Crippen molar-refractivity contribution in [2.45, 2.75) is 69.3 Å². The molecule has 0 spiro atoms. The average molecular weight is 524 g/mol. The van der Waals surface area contributed by atoms with Gasteiger partial charge in [-0.1, -0.05) is 30.3 Å². The third kappa shape index (κ3) is 11.5. The third-order valence-electron chi connectivity index (χ3n) is 5.31. The number of rotatable bonds is 16. The Hall–Kier alpha value is -4.04. The van der Waals surface area contributed by atoms with Crippen molar-refractivity contribution < 1.29 is 44.1 Å². The number of nitrogens with two attached hydrogens (primary N) is 2. The van der Waals surface area contributed by atoms with Gasteiger partial charge in [-0.15, -0.1) is 0 Å². The summed E-state index contributed by atoms with van der Waals surface area (Å²) in [5.74, 6) is -6.23. The van der Waals surface area contributed by atoms with Crippen molar-refractivity contribution in [2.75, 3.05) is 0 Å². The van der Waals surface area contributed by atoms with Crippen LogP contribution in [0.4, 0.5) is 0 Å². The molecule has 5 atom stereocenters. The third-order valence-corrected chi connectivity index (χ3v) is 5.31. The smallest absolute Gasteiger partial charge is 0.326 e. The van der Waals surface area contributed by atoms with E-state index in [1.807, 2.05) is 0 Å². The molecule has 0 saturated heterocycles. The maximum absolute atomic E-state index is 12.9. The number of carbonyl (C=O) groups excluding carboxylic acids is 4. The Labute approximate surface area is 212 Å². The summed E-state index contributed by atoms with van der Waals surface area (Å²) >= 11 is 0. The van der Waals surface area contributed by atoms with Crippen molar-refractivity contribution in [3.8, 4) is 0 Å². The largest absolute Gasteiger partial charge is 0.481 e. The number of amides is 4. The molecule has 0 radical (unpaired) electrons. The lowest BCUT2D eigenvalue weighted by atomic mass is 10.0. The maximum Gasteiger partial charge on any atom is 0.326 e.